The minimum Gasteiger partial charge on any atom is -0.444 e. The van der Waals surface area contributed by atoms with Crippen molar-refractivity contribution in [2.24, 2.45) is 0 Å². The number of nitro groups is 1. The standard InChI is InChI=1S/C16H17F3N2O4/c1-15(2,3)25-14(22)20-9-5-4-6-11-10-12(21(23)24)7-8-13(11)16(17,18)19/h7-8,10H,5,9H2,1-3H3,(H,20,22). The number of amides is 1. The molecule has 0 saturated heterocycles. The Bertz CT molecular complexity index is 713. The average molecular weight is 358 g/mol. The zero-order valence-electron chi connectivity index (χ0n) is 13.9. The van der Waals surface area contributed by atoms with Crippen molar-refractivity contribution in [2.75, 3.05) is 6.54 Å². The van der Waals surface area contributed by atoms with Gasteiger partial charge in [-0.15, -0.1) is 0 Å². The van der Waals surface area contributed by atoms with E-state index in [4.69, 9.17) is 4.74 Å². The van der Waals surface area contributed by atoms with Crippen molar-refractivity contribution in [3.63, 3.8) is 0 Å². The highest BCUT2D eigenvalue weighted by atomic mass is 19.4. The van der Waals surface area contributed by atoms with Crippen molar-refractivity contribution in [3.05, 3.63) is 39.4 Å². The highest BCUT2D eigenvalue weighted by molar-refractivity contribution is 5.67. The van der Waals surface area contributed by atoms with Crippen LogP contribution in [0.25, 0.3) is 0 Å². The Hall–Kier alpha value is -2.76. The number of ether oxygens (including phenoxy) is 1. The van der Waals surface area contributed by atoms with Gasteiger partial charge in [0.2, 0.25) is 0 Å². The summed E-state index contributed by atoms with van der Waals surface area (Å²) in [6.45, 7) is 5.13. The minimum atomic E-state index is -4.67. The van der Waals surface area contributed by atoms with Crippen LogP contribution in [-0.4, -0.2) is 23.2 Å². The summed E-state index contributed by atoms with van der Waals surface area (Å²) in [6.07, 6.45) is -5.28. The van der Waals surface area contributed by atoms with Gasteiger partial charge in [0, 0.05) is 30.7 Å². The van der Waals surface area contributed by atoms with Crippen molar-refractivity contribution in [1.82, 2.24) is 5.32 Å². The van der Waals surface area contributed by atoms with E-state index in [2.05, 4.69) is 17.2 Å². The number of hydrogen-bond donors (Lipinski definition) is 1. The summed E-state index contributed by atoms with van der Waals surface area (Å²) in [7, 11) is 0. The maximum absolute atomic E-state index is 12.9. The molecule has 0 spiro atoms. The summed E-state index contributed by atoms with van der Waals surface area (Å²) in [5.74, 6) is 4.73. The lowest BCUT2D eigenvalue weighted by Crippen LogP contribution is -2.32. The number of nitrogens with zero attached hydrogens (tertiary/aromatic N) is 1. The minimum absolute atomic E-state index is 0.0548. The summed E-state index contributed by atoms with van der Waals surface area (Å²) in [5, 5.41) is 13.1. The van der Waals surface area contributed by atoms with Crippen LogP contribution in [0.4, 0.5) is 23.7 Å². The lowest BCUT2D eigenvalue weighted by Gasteiger charge is -2.19. The summed E-state index contributed by atoms with van der Waals surface area (Å²) < 4.78 is 43.7. The van der Waals surface area contributed by atoms with Crippen LogP contribution < -0.4 is 5.32 Å². The SMILES string of the molecule is CC(C)(C)OC(=O)NCCC#Cc1cc([N+](=O)[O-])ccc1C(F)(F)F. The van der Waals surface area contributed by atoms with Crippen LogP contribution in [0.3, 0.4) is 0 Å². The monoisotopic (exact) mass is 358 g/mol. The molecule has 9 heteroatoms. The molecular weight excluding hydrogens is 341 g/mol. The van der Waals surface area contributed by atoms with Crippen LogP contribution in [0.15, 0.2) is 18.2 Å². The molecule has 1 aromatic rings. The van der Waals surface area contributed by atoms with Crippen LogP contribution in [0.5, 0.6) is 0 Å². The molecule has 136 valence electrons. The molecule has 1 aromatic carbocycles. The number of benzene rings is 1. The fourth-order valence-corrected chi connectivity index (χ4v) is 1.70. The number of nitro benzene ring substituents is 1. The number of alkyl halides is 3. The number of alkyl carbamates (subject to hydrolysis) is 1. The molecule has 0 bridgehead atoms. The average Bonchev–Trinajstić information content (AvgIpc) is 2.43. The van der Waals surface area contributed by atoms with E-state index in [0.29, 0.717) is 6.07 Å². The zero-order chi connectivity index (χ0) is 19.3. The highest BCUT2D eigenvalue weighted by Gasteiger charge is 2.33. The molecule has 0 radical (unpaired) electrons. The molecule has 1 amide bonds. The number of carbonyl (C=O) groups excluding carboxylic acids is 1. The van der Waals surface area contributed by atoms with Crippen molar-refractivity contribution in [2.45, 2.75) is 39.0 Å². The molecule has 0 saturated carbocycles. The van der Waals surface area contributed by atoms with Gasteiger partial charge in [-0.25, -0.2) is 4.79 Å². The Balaban J connectivity index is 2.79. The summed E-state index contributed by atoms with van der Waals surface area (Å²) in [4.78, 5) is 21.3. The quantitative estimate of drug-likeness (QED) is 0.385. The van der Waals surface area contributed by atoms with Crippen LogP contribution >= 0.6 is 0 Å². The third-order valence-electron chi connectivity index (χ3n) is 2.66. The summed E-state index contributed by atoms with van der Waals surface area (Å²) >= 11 is 0. The van der Waals surface area contributed by atoms with Gasteiger partial charge in [-0.3, -0.25) is 10.1 Å². The van der Waals surface area contributed by atoms with E-state index in [1.165, 1.54) is 0 Å². The van der Waals surface area contributed by atoms with E-state index < -0.39 is 39.6 Å². The maximum atomic E-state index is 12.9. The van der Waals surface area contributed by atoms with Gasteiger partial charge in [-0.05, 0) is 26.8 Å². The van der Waals surface area contributed by atoms with E-state index in [0.717, 1.165) is 12.1 Å². The molecule has 0 unspecified atom stereocenters. The fraction of sp³-hybridized carbons (Fsp3) is 0.438. The number of rotatable bonds is 3. The number of nitrogens with one attached hydrogen (secondary N) is 1. The number of non-ortho nitro benzene ring substituents is 1. The van der Waals surface area contributed by atoms with Gasteiger partial charge in [0.25, 0.3) is 5.69 Å². The predicted octanol–water partition coefficient (Wildman–Crippen LogP) is 3.88. The molecule has 6 nitrogen and oxygen atoms in total. The normalized spacial score (nSPS) is 11.3. The molecule has 0 aromatic heterocycles. The molecule has 0 aliphatic heterocycles. The zero-order valence-corrected chi connectivity index (χ0v) is 13.9. The van der Waals surface area contributed by atoms with Crippen LogP contribution in [0, 0.1) is 22.0 Å². The highest BCUT2D eigenvalue weighted by Crippen LogP contribution is 2.33. The second-order valence-corrected chi connectivity index (χ2v) is 5.97. The molecule has 0 aliphatic carbocycles. The van der Waals surface area contributed by atoms with E-state index >= 15 is 0 Å². The van der Waals surface area contributed by atoms with Gasteiger partial charge >= 0.3 is 12.3 Å². The smallest absolute Gasteiger partial charge is 0.417 e. The lowest BCUT2D eigenvalue weighted by molar-refractivity contribution is -0.384. The Morgan fingerprint density at radius 3 is 2.48 bits per heavy atom. The van der Waals surface area contributed by atoms with Crippen molar-refractivity contribution >= 4 is 11.8 Å². The molecule has 0 aliphatic rings. The third-order valence-corrected chi connectivity index (χ3v) is 2.66. The molecule has 0 atom stereocenters. The predicted molar refractivity (Wildman–Crippen MR) is 83.8 cm³/mol. The first-order valence-electron chi connectivity index (χ1n) is 7.21. The number of carbonyl (C=O) groups is 1. The van der Waals surface area contributed by atoms with Gasteiger partial charge in [0.05, 0.1) is 10.5 Å². The lowest BCUT2D eigenvalue weighted by atomic mass is 10.1. The molecule has 1 rings (SSSR count). The Morgan fingerprint density at radius 1 is 1.32 bits per heavy atom. The first-order valence-corrected chi connectivity index (χ1v) is 7.21. The largest absolute Gasteiger partial charge is 0.444 e. The Labute approximate surface area is 142 Å². The fourth-order valence-electron chi connectivity index (χ4n) is 1.70. The summed E-state index contributed by atoms with van der Waals surface area (Å²) in [6, 6.07) is 2.18. The third kappa shape index (κ3) is 7.12. The van der Waals surface area contributed by atoms with Crippen molar-refractivity contribution in [1.29, 1.82) is 0 Å². The van der Waals surface area contributed by atoms with Crippen molar-refractivity contribution in [3.8, 4) is 11.8 Å². The first-order chi connectivity index (χ1) is 11.4. The Morgan fingerprint density at radius 2 is 1.96 bits per heavy atom. The maximum Gasteiger partial charge on any atom is 0.417 e. The van der Waals surface area contributed by atoms with Crippen LogP contribution in [0.1, 0.15) is 38.3 Å². The second kappa shape index (κ2) is 7.88. The van der Waals surface area contributed by atoms with Gasteiger partial charge in [-0.2, -0.15) is 13.2 Å². The molecule has 0 heterocycles. The van der Waals surface area contributed by atoms with Gasteiger partial charge in [0.1, 0.15) is 5.60 Å². The molecule has 0 fully saturated rings. The number of hydrogen-bond acceptors (Lipinski definition) is 4. The molecule has 25 heavy (non-hydrogen) atoms. The second-order valence-electron chi connectivity index (χ2n) is 5.97. The number of halogens is 3. The van der Waals surface area contributed by atoms with Crippen molar-refractivity contribution < 1.29 is 27.6 Å². The van der Waals surface area contributed by atoms with E-state index in [1.54, 1.807) is 20.8 Å². The first kappa shape index (κ1) is 20.3. The van der Waals surface area contributed by atoms with Crippen LogP contribution in [0.2, 0.25) is 0 Å². The van der Waals surface area contributed by atoms with E-state index in [1.807, 2.05) is 0 Å². The molecular formula is C16H17F3N2O4. The molecule has 1 N–H and O–H groups in total. The topological polar surface area (TPSA) is 81.5 Å². The van der Waals surface area contributed by atoms with E-state index in [9.17, 15) is 28.1 Å². The van der Waals surface area contributed by atoms with E-state index in [-0.39, 0.29) is 13.0 Å². The van der Waals surface area contributed by atoms with Gasteiger partial charge in [0.15, 0.2) is 0 Å². The van der Waals surface area contributed by atoms with Crippen LogP contribution in [-0.2, 0) is 10.9 Å². The van der Waals surface area contributed by atoms with Gasteiger partial charge < -0.3 is 10.1 Å². The Kier molecular flexibility index (Phi) is 6.39. The summed E-state index contributed by atoms with van der Waals surface area (Å²) in [5.41, 5.74) is -2.69. The van der Waals surface area contributed by atoms with Gasteiger partial charge in [-0.1, -0.05) is 11.8 Å².